The zero-order valence-electron chi connectivity index (χ0n) is 8.71. The first-order valence-corrected chi connectivity index (χ1v) is 4.75. The molecule has 0 bridgehead atoms. The Morgan fingerprint density at radius 2 is 1.47 bits per heavy atom. The summed E-state index contributed by atoms with van der Waals surface area (Å²) in [4.78, 5) is 10.7. The molecule has 0 aromatic heterocycles. The fourth-order valence-corrected chi connectivity index (χ4v) is 0.895. The van der Waals surface area contributed by atoms with Crippen molar-refractivity contribution in [3.8, 4) is 0 Å². The van der Waals surface area contributed by atoms with Crippen molar-refractivity contribution in [2.45, 2.75) is 31.6 Å². The highest BCUT2D eigenvalue weighted by molar-refractivity contribution is 5.73. The molecule has 17 heavy (non-hydrogen) atoms. The maximum absolute atomic E-state index is 11.7. The van der Waals surface area contributed by atoms with E-state index in [9.17, 15) is 31.1 Å². The number of rotatable bonds is 5. The Morgan fingerprint density at radius 1 is 0.882 bits per heavy atom. The molecular formula is C8H12F6N2O. The van der Waals surface area contributed by atoms with Crippen LogP contribution in [0.4, 0.5) is 31.1 Å². The first-order chi connectivity index (χ1) is 7.60. The standard InChI is InChI=1S/C8H12F6N2O/c9-7(10,11)3-1-2-4-15-6(17)16-5-8(12,13)14/h1-5H2,(H2,15,16,17). The minimum absolute atomic E-state index is 0.0545. The summed E-state index contributed by atoms with van der Waals surface area (Å²) in [5, 5.41) is 3.56. The van der Waals surface area contributed by atoms with Crippen molar-refractivity contribution in [3.05, 3.63) is 0 Å². The summed E-state index contributed by atoms with van der Waals surface area (Å²) in [6, 6.07) is -1.05. The molecular weight excluding hydrogens is 254 g/mol. The summed E-state index contributed by atoms with van der Waals surface area (Å²) in [5.74, 6) is 0. The van der Waals surface area contributed by atoms with Crippen molar-refractivity contribution >= 4 is 6.03 Å². The number of carbonyl (C=O) groups excluding carboxylic acids is 1. The Balaban J connectivity index is 3.47. The van der Waals surface area contributed by atoms with Crippen LogP contribution in [-0.2, 0) is 0 Å². The van der Waals surface area contributed by atoms with Gasteiger partial charge in [0.05, 0.1) is 0 Å². The summed E-state index contributed by atoms with van der Waals surface area (Å²) < 4.78 is 69.9. The van der Waals surface area contributed by atoms with E-state index >= 15 is 0 Å². The average molecular weight is 266 g/mol. The lowest BCUT2D eigenvalue weighted by Gasteiger charge is -2.10. The van der Waals surface area contributed by atoms with E-state index in [1.807, 2.05) is 5.32 Å². The van der Waals surface area contributed by atoms with Gasteiger partial charge in [-0.2, -0.15) is 26.3 Å². The van der Waals surface area contributed by atoms with Crippen molar-refractivity contribution in [3.63, 3.8) is 0 Å². The van der Waals surface area contributed by atoms with E-state index in [1.165, 1.54) is 5.32 Å². The van der Waals surface area contributed by atoms with Crippen LogP contribution in [0.25, 0.3) is 0 Å². The Kier molecular flexibility index (Phi) is 6.11. The van der Waals surface area contributed by atoms with Crippen LogP contribution in [0.3, 0.4) is 0 Å². The van der Waals surface area contributed by atoms with Crippen molar-refractivity contribution in [2.24, 2.45) is 0 Å². The van der Waals surface area contributed by atoms with E-state index in [2.05, 4.69) is 0 Å². The van der Waals surface area contributed by atoms with E-state index < -0.39 is 31.3 Å². The lowest BCUT2D eigenvalue weighted by molar-refractivity contribution is -0.135. The Hall–Kier alpha value is -1.15. The molecule has 0 aliphatic rings. The van der Waals surface area contributed by atoms with E-state index in [0.717, 1.165) is 0 Å². The second-order valence-electron chi connectivity index (χ2n) is 3.30. The quantitative estimate of drug-likeness (QED) is 0.582. The predicted molar refractivity (Wildman–Crippen MR) is 47.4 cm³/mol. The Labute approximate surface area is 93.5 Å². The highest BCUT2D eigenvalue weighted by Gasteiger charge is 2.28. The molecule has 0 atom stereocenters. The van der Waals surface area contributed by atoms with Crippen LogP contribution >= 0.6 is 0 Å². The molecule has 3 nitrogen and oxygen atoms in total. The lowest BCUT2D eigenvalue weighted by atomic mass is 10.2. The Morgan fingerprint density at radius 3 is 1.94 bits per heavy atom. The van der Waals surface area contributed by atoms with Gasteiger partial charge in [0, 0.05) is 13.0 Å². The minimum Gasteiger partial charge on any atom is -0.338 e. The molecule has 2 N–H and O–H groups in total. The monoisotopic (exact) mass is 266 g/mol. The van der Waals surface area contributed by atoms with Gasteiger partial charge in [0.1, 0.15) is 6.54 Å². The molecule has 0 aromatic carbocycles. The van der Waals surface area contributed by atoms with Gasteiger partial charge < -0.3 is 10.6 Å². The van der Waals surface area contributed by atoms with Gasteiger partial charge in [-0.3, -0.25) is 0 Å². The van der Waals surface area contributed by atoms with Gasteiger partial charge in [0.25, 0.3) is 0 Å². The van der Waals surface area contributed by atoms with Crippen LogP contribution in [0.2, 0.25) is 0 Å². The number of amides is 2. The smallest absolute Gasteiger partial charge is 0.338 e. The number of carbonyl (C=O) groups is 1. The normalized spacial score (nSPS) is 12.4. The molecule has 0 spiro atoms. The summed E-state index contributed by atoms with van der Waals surface area (Å²) in [6.45, 7) is -1.57. The predicted octanol–water partition coefficient (Wildman–Crippen LogP) is 2.58. The molecule has 0 aliphatic heterocycles. The summed E-state index contributed by atoms with van der Waals surface area (Å²) in [7, 11) is 0. The van der Waals surface area contributed by atoms with Gasteiger partial charge in [0.2, 0.25) is 0 Å². The molecule has 0 aromatic rings. The largest absolute Gasteiger partial charge is 0.405 e. The Bertz CT molecular complexity index is 237. The highest BCUT2D eigenvalue weighted by atomic mass is 19.4. The van der Waals surface area contributed by atoms with Crippen molar-refractivity contribution in [1.29, 1.82) is 0 Å². The number of hydrogen-bond acceptors (Lipinski definition) is 1. The molecule has 9 heteroatoms. The van der Waals surface area contributed by atoms with Crippen molar-refractivity contribution in [2.75, 3.05) is 13.1 Å². The van der Waals surface area contributed by atoms with Crippen LogP contribution in [-0.4, -0.2) is 31.5 Å². The fourth-order valence-electron chi connectivity index (χ4n) is 0.895. The average Bonchev–Trinajstić information content (AvgIpc) is 2.11. The molecule has 0 fully saturated rings. The zero-order chi connectivity index (χ0) is 13.5. The lowest BCUT2D eigenvalue weighted by Crippen LogP contribution is -2.41. The molecule has 0 rings (SSSR count). The highest BCUT2D eigenvalue weighted by Crippen LogP contribution is 2.21. The topological polar surface area (TPSA) is 41.1 Å². The molecule has 0 aliphatic carbocycles. The van der Waals surface area contributed by atoms with Gasteiger partial charge in [-0.1, -0.05) is 0 Å². The number of hydrogen-bond donors (Lipinski definition) is 2. The summed E-state index contributed by atoms with van der Waals surface area (Å²) in [5.41, 5.74) is 0. The molecule has 0 saturated heterocycles. The maximum Gasteiger partial charge on any atom is 0.405 e. The van der Waals surface area contributed by atoms with Crippen LogP contribution in [0.1, 0.15) is 19.3 Å². The second kappa shape index (κ2) is 6.55. The van der Waals surface area contributed by atoms with Crippen LogP contribution < -0.4 is 10.6 Å². The van der Waals surface area contributed by atoms with Crippen molar-refractivity contribution in [1.82, 2.24) is 10.6 Å². The van der Waals surface area contributed by atoms with Crippen LogP contribution in [0, 0.1) is 0 Å². The molecule has 0 saturated carbocycles. The minimum atomic E-state index is -4.51. The van der Waals surface area contributed by atoms with Gasteiger partial charge in [-0.15, -0.1) is 0 Å². The van der Waals surface area contributed by atoms with Crippen LogP contribution in [0.5, 0.6) is 0 Å². The van der Waals surface area contributed by atoms with Gasteiger partial charge in [-0.05, 0) is 12.8 Å². The molecule has 0 radical (unpaired) electrons. The molecule has 0 heterocycles. The van der Waals surface area contributed by atoms with Gasteiger partial charge >= 0.3 is 18.4 Å². The maximum atomic E-state index is 11.7. The van der Waals surface area contributed by atoms with E-state index in [4.69, 9.17) is 0 Å². The molecule has 102 valence electrons. The zero-order valence-corrected chi connectivity index (χ0v) is 8.71. The molecule has 0 unspecified atom stereocenters. The molecule has 2 amide bonds. The van der Waals surface area contributed by atoms with Gasteiger partial charge in [-0.25, -0.2) is 4.79 Å². The second-order valence-corrected chi connectivity index (χ2v) is 3.30. The number of unbranched alkanes of at least 4 members (excludes halogenated alkanes) is 1. The number of nitrogens with one attached hydrogen (secondary N) is 2. The van der Waals surface area contributed by atoms with Crippen molar-refractivity contribution < 1.29 is 31.1 Å². The third-order valence-electron chi connectivity index (χ3n) is 1.62. The first kappa shape index (κ1) is 15.9. The van der Waals surface area contributed by atoms with Gasteiger partial charge in [0.15, 0.2) is 0 Å². The van der Waals surface area contributed by atoms with E-state index in [1.54, 1.807) is 0 Å². The number of urea groups is 1. The fraction of sp³-hybridized carbons (Fsp3) is 0.875. The summed E-state index contributed by atoms with van der Waals surface area (Å²) in [6.07, 6.45) is -9.85. The third kappa shape index (κ3) is 12.8. The van der Waals surface area contributed by atoms with Crippen LogP contribution in [0.15, 0.2) is 0 Å². The third-order valence-corrected chi connectivity index (χ3v) is 1.62. The number of alkyl halides is 6. The first-order valence-electron chi connectivity index (χ1n) is 4.75. The number of halogens is 6. The SMILES string of the molecule is O=C(NCCCCC(F)(F)F)NCC(F)(F)F. The van der Waals surface area contributed by atoms with E-state index in [-0.39, 0.29) is 19.4 Å². The summed E-state index contributed by atoms with van der Waals surface area (Å²) >= 11 is 0. The van der Waals surface area contributed by atoms with E-state index in [0.29, 0.717) is 0 Å².